The number of anilines is 2. The third-order valence-electron chi connectivity index (χ3n) is 3.48. The van der Waals surface area contributed by atoms with Crippen molar-refractivity contribution in [2.75, 3.05) is 29.0 Å². The predicted molar refractivity (Wildman–Crippen MR) is 90.1 cm³/mol. The van der Waals surface area contributed by atoms with E-state index < -0.39 is 10.0 Å². The third-order valence-corrected chi connectivity index (χ3v) is 6.06. The fourth-order valence-corrected chi connectivity index (χ4v) is 4.57. The highest BCUT2D eigenvalue weighted by atomic mass is 32.2. The van der Waals surface area contributed by atoms with Crippen LogP contribution >= 0.6 is 11.5 Å². The molecule has 0 unspecified atom stereocenters. The minimum Gasteiger partial charge on any atom is -0.377 e. The molecular formula is C14H18N4O3S2. The molecule has 1 N–H and O–H groups in total. The molecule has 0 aliphatic carbocycles. The lowest BCUT2D eigenvalue weighted by molar-refractivity contribution is 0.179. The fraction of sp³-hybridized carbons (Fsp3) is 0.429. The highest BCUT2D eigenvalue weighted by Gasteiger charge is 2.28. The lowest BCUT2D eigenvalue weighted by Gasteiger charge is -2.17. The first-order chi connectivity index (χ1) is 11.1. The Labute approximate surface area is 139 Å². The van der Waals surface area contributed by atoms with E-state index in [1.165, 1.54) is 15.8 Å². The molecule has 1 saturated heterocycles. The van der Waals surface area contributed by atoms with Crippen molar-refractivity contribution < 1.29 is 13.2 Å². The first-order valence-corrected chi connectivity index (χ1v) is 9.61. The maximum atomic E-state index is 12.0. The van der Waals surface area contributed by atoms with Gasteiger partial charge in [0, 0.05) is 31.7 Å². The Morgan fingerprint density at radius 3 is 3.04 bits per heavy atom. The van der Waals surface area contributed by atoms with Crippen LogP contribution < -0.4 is 9.62 Å². The minimum absolute atomic E-state index is 0.225. The van der Waals surface area contributed by atoms with E-state index in [1.54, 1.807) is 7.11 Å². The van der Waals surface area contributed by atoms with E-state index in [1.807, 2.05) is 24.3 Å². The summed E-state index contributed by atoms with van der Waals surface area (Å²) in [7, 11) is -1.55. The Hall–Kier alpha value is -1.71. The Morgan fingerprint density at radius 1 is 1.43 bits per heavy atom. The summed E-state index contributed by atoms with van der Waals surface area (Å²) in [5.41, 5.74) is 1.72. The second-order valence-corrected chi connectivity index (χ2v) is 7.98. The third kappa shape index (κ3) is 3.80. The lowest BCUT2D eigenvalue weighted by Crippen LogP contribution is -2.25. The van der Waals surface area contributed by atoms with Gasteiger partial charge in [-0.2, -0.15) is 4.37 Å². The van der Waals surface area contributed by atoms with E-state index in [2.05, 4.69) is 14.7 Å². The van der Waals surface area contributed by atoms with Crippen LogP contribution in [0.25, 0.3) is 0 Å². The predicted octanol–water partition coefficient (Wildman–Crippen LogP) is 1.84. The molecule has 7 nitrogen and oxygen atoms in total. The molecule has 1 aliphatic rings. The molecule has 23 heavy (non-hydrogen) atoms. The number of nitrogens with zero attached hydrogens (tertiary/aromatic N) is 3. The summed E-state index contributed by atoms with van der Waals surface area (Å²) in [6, 6.07) is 7.55. The Morgan fingerprint density at radius 2 is 2.30 bits per heavy atom. The zero-order chi connectivity index (χ0) is 16.3. The van der Waals surface area contributed by atoms with Crippen LogP contribution in [-0.4, -0.2) is 37.2 Å². The number of ether oxygens (including phenoxy) is 1. The molecule has 1 fully saturated rings. The molecular weight excluding hydrogens is 336 g/mol. The SMILES string of the molecule is COCc1nsc(NCc2cccc(N3CCCS3(=O)=O)c2)n1. The van der Waals surface area contributed by atoms with Gasteiger partial charge in [-0.1, -0.05) is 12.1 Å². The number of methoxy groups -OCH3 is 1. The van der Waals surface area contributed by atoms with Gasteiger partial charge in [0.2, 0.25) is 15.2 Å². The highest BCUT2D eigenvalue weighted by molar-refractivity contribution is 7.93. The molecule has 1 aliphatic heterocycles. The second kappa shape index (κ2) is 6.81. The van der Waals surface area contributed by atoms with Crippen LogP contribution in [0.5, 0.6) is 0 Å². The molecule has 3 rings (SSSR count). The number of hydrogen-bond acceptors (Lipinski definition) is 7. The number of aromatic nitrogens is 2. The van der Waals surface area contributed by atoms with Crippen molar-refractivity contribution in [2.45, 2.75) is 19.6 Å². The molecule has 0 amide bonds. The topological polar surface area (TPSA) is 84.4 Å². The number of sulfonamides is 1. The van der Waals surface area contributed by atoms with Gasteiger partial charge in [-0.05, 0) is 24.1 Å². The number of nitrogens with one attached hydrogen (secondary N) is 1. The maximum Gasteiger partial charge on any atom is 0.235 e. The van der Waals surface area contributed by atoms with Gasteiger partial charge in [-0.15, -0.1) is 0 Å². The monoisotopic (exact) mass is 354 g/mol. The normalized spacial score (nSPS) is 16.7. The molecule has 9 heteroatoms. The van der Waals surface area contributed by atoms with E-state index in [0.717, 1.165) is 16.4 Å². The molecule has 1 aromatic heterocycles. The minimum atomic E-state index is -3.15. The second-order valence-electron chi connectivity index (χ2n) is 5.21. The quantitative estimate of drug-likeness (QED) is 0.852. The van der Waals surface area contributed by atoms with Crippen LogP contribution in [0, 0.1) is 0 Å². The van der Waals surface area contributed by atoms with Crippen molar-refractivity contribution in [3.05, 3.63) is 35.7 Å². The van der Waals surface area contributed by atoms with Crippen LogP contribution in [0.4, 0.5) is 10.8 Å². The van der Waals surface area contributed by atoms with Gasteiger partial charge in [0.15, 0.2) is 5.82 Å². The average Bonchev–Trinajstić information content (AvgIpc) is 3.12. The van der Waals surface area contributed by atoms with Gasteiger partial charge >= 0.3 is 0 Å². The van der Waals surface area contributed by atoms with E-state index in [9.17, 15) is 8.42 Å². The summed E-state index contributed by atoms with van der Waals surface area (Å²) >= 11 is 1.28. The standard InChI is InChI=1S/C14H18N4O3S2/c1-21-10-13-16-14(22-17-13)15-9-11-4-2-5-12(8-11)18-6-3-7-23(18,19)20/h2,4-5,8H,3,6-7,9-10H2,1H3,(H,15,16,17). The molecule has 0 bridgehead atoms. The number of rotatable bonds is 6. The van der Waals surface area contributed by atoms with E-state index >= 15 is 0 Å². The van der Waals surface area contributed by atoms with Crippen molar-refractivity contribution in [1.82, 2.24) is 9.36 Å². The van der Waals surface area contributed by atoms with Gasteiger partial charge in [0.1, 0.15) is 6.61 Å². The highest BCUT2D eigenvalue weighted by Crippen LogP contribution is 2.25. The number of hydrogen-bond donors (Lipinski definition) is 1. The zero-order valence-corrected chi connectivity index (χ0v) is 14.4. The Balaban J connectivity index is 1.68. The van der Waals surface area contributed by atoms with Crippen LogP contribution in [-0.2, 0) is 27.9 Å². The summed E-state index contributed by atoms with van der Waals surface area (Å²) in [6.07, 6.45) is 0.678. The summed E-state index contributed by atoms with van der Waals surface area (Å²) in [6.45, 7) is 1.50. The van der Waals surface area contributed by atoms with Gasteiger partial charge in [0.05, 0.1) is 11.4 Å². The maximum absolute atomic E-state index is 12.0. The van der Waals surface area contributed by atoms with Crippen molar-refractivity contribution in [3.63, 3.8) is 0 Å². The smallest absolute Gasteiger partial charge is 0.235 e. The van der Waals surface area contributed by atoms with Crippen molar-refractivity contribution in [2.24, 2.45) is 0 Å². The zero-order valence-electron chi connectivity index (χ0n) is 12.7. The summed E-state index contributed by atoms with van der Waals surface area (Å²) in [4.78, 5) is 4.30. The van der Waals surface area contributed by atoms with Crippen LogP contribution in [0.1, 0.15) is 17.8 Å². The molecule has 0 saturated carbocycles. The molecule has 2 aromatic rings. The van der Waals surface area contributed by atoms with Gasteiger partial charge in [-0.3, -0.25) is 4.31 Å². The van der Waals surface area contributed by atoms with Crippen molar-refractivity contribution in [3.8, 4) is 0 Å². The van der Waals surface area contributed by atoms with E-state index in [-0.39, 0.29) is 5.75 Å². The summed E-state index contributed by atoms with van der Waals surface area (Å²) in [5.74, 6) is 0.875. The molecule has 124 valence electrons. The van der Waals surface area contributed by atoms with Crippen LogP contribution in [0.15, 0.2) is 24.3 Å². The Kier molecular flexibility index (Phi) is 4.79. The first-order valence-electron chi connectivity index (χ1n) is 7.23. The number of benzene rings is 1. The molecule has 0 atom stereocenters. The first kappa shape index (κ1) is 16.2. The van der Waals surface area contributed by atoms with Crippen LogP contribution in [0.3, 0.4) is 0 Å². The van der Waals surface area contributed by atoms with Crippen LogP contribution in [0.2, 0.25) is 0 Å². The molecule has 0 spiro atoms. The van der Waals surface area contributed by atoms with Gasteiger partial charge in [0.25, 0.3) is 0 Å². The summed E-state index contributed by atoms with van der Waals surface area (Å²) < 4.78 is 34.6. The molecule has 1 aromatic carbocycles. The van der Waals surface area contributed by atoms with Gasteiger partial charge < -0.3 is 10.1 Å². The molecule has 0 radical (unpaired) electrons. The largest absolute Gasteiger partial charge is 0.377 e. The van der Waals surface area contributed by atoms with Crippen molar-refractivity contribution in [1.29, 1.82) is 0 Å². The summed E-state index contributed by atoms with van der Waals surface area (Å²) in [5, 5.41) is 3.92. The van der Waals surface area contributed by atoms with Gasteiger partial charge in [-0.25, -0.2) is 13.4 Å². The lowest BCUT2D eigenvalue weighted by atomic mass is 10.2. The molecule has 2 heterocycles. The fourth-order valence-electron chi connectivity index (χ4n) is 2.44. The van der Waals surface area contributed by atoms with Crippen molar-refractivity contribution >= 4 is 32.4 Å². The van der Waals surface area contributed by atoms with E-state index in [0.29, 0.717) is 31.9 Å². The van der Waals surface area contributed by atoms with E-state index in [4.69, 9.17) is 4.74 Å². The average molecular weight is 354 g/mol. The Bertz CT molecular complexity index is 776.